The molecule has 0 spiro atoms. The Morgan fingerprint density at radius 3 is 3.00 bits per heavy atom. The minimum Gasteiger partial charge on any atom is -0.382 e. The Morgan fingerprint density at radius 1 is 1.56 bits per heavy atom. The number of aliphatic hydroxyl groups is 1. The van der Waals surface area contributed by atoms with E-state index >= 15 is 0 Å². The summed E-state index contributed by atoms with van der Waals surface area (Å²) in [7, 11) is 0. The fraction of sp³-hybridized carbons (Fsp3) is 0.273. The number of nitrogens with zero attached hydrogens (tertiary/aromatic N) is 3. The number of halogens is 1. The van der Waals surface area contributed by atoms with Crippen LogP contribution >= 0.6 is 11.6 Å². The quantitative estimate of drug-likeness (QED) is 0.889. The van der Waals surface area contributed by atoms with Gasteiger partial charge in [-0.15, -0.1) is 0 Å². The smallest absolute Gasteiger partial charge is 0.125 e. The average Bonchev–Trinajstić information content (AvgIpc) is 2.77. The van der Waals surface area contributed by atoms with Gasteiger partial charge in [-0.3, -0.25) is 9.67 Å². The van der Waals surface area contributed by atoms with Gasteiger partial charge in [-0.2, -0.15) is 5.10 Å². The SMILES string of the molecule is CCn1cc(C(O)c2ncccc2Cl)cn1. The highest BCUT2D eigenvalue weighted by molar-refractivity contribution is 6.31. The number of aromatic nitrogens is 3. The van der Waals surface area contributed by atoms with Gasteiger partial charge in [-0.05, 0) is 19.1 Å². The molecule has 0 radical (unpaired) electrons. The third-order valence-electron chi connectivity index (χ3n) is 2.34. The molecule has 0 fully saturated rings. The van der Waals surface area contributed by atoms with Crippen molar-refractivity contribution in [1.82, 2.24) is 14.8 Å². The van der Waals surface area contributed by atoms with E-state index in [9.17, 15) is 5.11 Å². The van der Waals surface area contributed by atoms with Crippen molar-refractivity contribution in [2.75, 3.05) is 0 Å². The van der Waals surface area contributed by atoms with E-state index in [0.29, 0.717) is 16.3 Å². The Balaban J connectivity index is 2.31. The van der Waals surface area contributed by atoms with Crippen molar-refractivity contribution < 1.29 is 5.11 Å². The molecule has 0 aromatic carbocycles. The normalized spacial score (nSPS) is 12.7. The van der Waals surface area contributed by atoms with Crippen molar-refractivity contribution in [3.8, 4) is 0 Å². The van der Waals surface area contributed by atoms with Crippen LogP contribution in [0.3, 0.4) is 0 Å². The molecular weight excluding hydrogens is 226 g/mol. The molecule has 2 heterocycles. The van der Waals surface area contributed by atoms with Gasteiger partial charge in [-0.1, -0.05) is 11.6 Å². The Morgan fingerprint density at radius 2 is 2.38 bits per heavy atom. The number of hydrogen-bond acceptors (Lipinski definition) is 3. The summed E-state index contributed by atoms with van der Waals surface area (Å²) in [5.74, 6) is 0. The Bertz CT molecular complexity index is 484. The lowest BCUT2D eigenvalue weighted by Crippen LogP contribution is -2.02. The molecule has 0 aliphatic heterocycles. The van der Waals surface area contributed by atoms with Crippen LogP contribution in [0.25, 0.3) is 0 Å². The fourth-order valence-electron chi connectivity index (χ4n) is 1.45. The fourth-order valence-corrected chi connectivity index (χ4v) is 1.68. The van der Waals surface area contributed by atoms with E-state index in [1.54, 1.807) is 35.4 Å². The van der Waals surface area contributed by atoms with E-state index in [4.69, 9.17) is 11.6 Å². The first-order valence-corrected chi connectivity index (χ1v) is 5.41. The number of hydrogen-bond donors (Lipinski definition) is 1. The minimum atomic E-state index is -0.825. The van der Waals surface area contributed by atoms with Crippen LogP contribution < -0.4 is 0 Å². The molecule has 0 saturated carbocycles. The second-order valence-corrected chi connectivity index (χ2v) is 3.81. The first-order valence-electron chi connectivity index (χ1n) is 5.03. The molecule has 1 unspecified atom stereocenters. The van der Waals surface area contributed by atoms with Crippen molar-refractivity contribution >= 4 is 11.6 Å². The highest BCUT2D eigenvalue weighted by atomic mass is 35.5. The number of pyridine rings is 1. The summed E-state index contributed by atoms with van der Waals surface area (Å²) in [4.78, 5) is 4.07. The summed E-state index contributed by atoms with van der Waals surface area (Å²) < 4.78 is 1.75. The van der Waals surface area contributed by atoms with E-state index < -0.39 is 6.10 Å². The molecular formula is C11H12ClN3O. The van der Waals surface area contributed by atoms with Crippen molar-refractivity contribution in [3.63, 3.8) is 0 Å². The van der Waals surface area contributed by atoms with Crippen LogP contribution in [0.1, 0.15) is 24.3 Å². The molecule has 0 amide bonds. The zero-order valence-corrected chi connectivity index (χ0v) is 9.59. The molecule has 0 saturated heterocycles. The van der Waals surface area contributed by atoms with Crippen LogP contribution in [0.15, 0.2) is 30.7 Å². The standard InChI is InChI=1S/C11H12ClN3O/c1-2-15-7-8(6-14-15)11(16)10-9(12)4-3-5-13-10/h3-7,11,16H,2H2,1H3. The summed E-state index contributed by atoms with van der Waals surface area (Å²) in [6.45, 7) is 2.75. The lowest BCUT2D eigenvalue weighted by atomic mass is 10.1. The van der Waals surface area contributed by atoms with E-state index in [1.807, 2.05) is 6.92 Å². The van der Waals surface area contributed by atoms with Crippen molar-refractivity contribution in [3.05, 3.63) is 47.0 Å². The Hall–Kier alpha value is -1.39. The zero-order chi connectivity index (χ0) is 11.5. The van der Waals surface area contributed by atoms with E-state index in [-0.39, 0.29) is 0 Å². The second kappa shape index (κ2) is 4.63. The number of rotatable bonds is 3. The van der Waals surface area contributed by atoms with Crippen LogP contribution in [0.5, 0.6) is 0 Å². The average molecular weight is 238 g/mol. The molecule has 1 N–H and O–H groups in total. The van der Waals surface area contributed by atoms with Crippen LogP contribution in [0.4, 0.5) is 0 Å². The summed E-state index contributed by atoms with van der Waals surface area (Å²) in [5, 5.41) is 14.6. The third kappa shape index (κ3) is 2.08. The van der Waals surface area contributed by atoms with Gasteiger partial charge in [0.1, 0.15) is 6.10 Å². The first-order chi connectivity index (χ1) is 7.72. The monoisotopic (exact) mass is 237 g/mol. The molecule has 4 nitrogen and oxygen atoms in total. The summed E-state index contributed by atoms with van der Waals surface area (Å²) in [6, 6.07) is 3.44. The van der Waals surface area contributed by atoms with Crippen molar-refractivity contribution in [1.29, 1.82) is 0 Å². The van der Waals surface area contributed by atoms with Crippen LogP contribution in [0, 0.1) is 0 Å². The van der Waals surface area contributed by atoms with Crippen LogP contribution in [-0.4, -0.2) is 19.9 Å². The first kappa shape index (κ1) is 11.1. The predicted octanol–water partition coefficient (Wildman–Crippen LogP) is 2.03. The number of aliphatic hydroxyl groups excluding tert-OH is 1. The molecule has 2 rings (SSSR count). The van der Waals surface area contributed by atoms with Crippen LogP contribution in [-0.2, 0) is 6.54 Å². The molecule has 5 heteroatoms. The molecule has 0 aliphatic rings. The Labute approximate surface area is 98.5 Å². The van der Waals surface area contributed by atoms with E-state index in [2.05, 4.69) is 10.1 Å². The largest absolute Gasteiger partial charge is 0.382 e. The second-order valence-electron chi connectivity index (χ2n) is 3.40. The lowest BCUT2D eigenvalue weighted by Gasteiger charge is -2.08. The lowest BCUT2D eigenvalue weighted by molar-refractivity contribution is 0.215. The molecule has 0 bridgehead atoms. The highest BCUT2D eigenvalue weighted by Gasteiger charge is 2.16. The summed E-state index contributed by atoms with van der Waals surface area (Å²) >= 11 is 5.96. The van der Waals surface area contributed by atoms with Crippen molar-refractivity contribution in [2.45, 2.75) is 19.6 Å². The maximum Gasteiger partial charge on any atom is 0.125 e. The highest BCUT2D eigenvalue weighted by Crippen LogP contribution is 2.25. The molecule has 1 atom stereocenters. The third-order valence-corrected chi connectivity index (χ3v) is 2.66. The Kier molecular flexibility index (Phi) is 3.22. The summed E-state index contributed by atoms with van der Waals surface area (Å²) in [5.41, 5.74) is 1.15. The van der Waals surface area contributed by atoms with E-state index in [1.165, 1.54) is 0 Å². The molecule has 0 aliphatic carbocycles. The van der Waals surface area contributed by atoms with Crippen molar-refractivity contribution in [2.24, 2.45) is 0 Å². The van der Waals surface area contributed by atoms with Gasteiger partial charge in [-0.25, -0.2) is 0 Å². The van der Waals surface area contributed by atoms with Gasteiger partial charge < -0.3 is 5.11 Å². The minimum absolute atomic E-state index is 0.458. The molecule has 16 heavy (non-hydrogen) atoms. The van der Waals surface area contributed by atoms with Crippen LogP contribution in [0.2, 0.25) is 5.02 Å². The van der Waals surface area contributed by atoms with Gasteiger partial charge in [0.15, 0.2) is 0 Å². The van der Waals surface area contributed by atoms with Gasteiger partial charge in [0.25, 0.3) is 0 Å². The zero-order valence-electron chi connectivity index (χ0n) is 8.84. The maximum absolute atomic E-state index is 10.1. The molecule has 2 aromatic rings. The predicted molar refractivity (Wildman–Crippen MR) is 61.2 cm³/mol. The van der Waals surface area contributed by atoms with E-state index in [0.717, 1.165) is 6.54 Å². The van der Waals surface area contributed by atoms with Gasteiger partial charge >= 0.3 is 0 Å². The molecule has 2 aromatic heterocycles. The summed E-state index contributed by atoms with van der Waals surface area (Å²) in [6.07, 6.45) is 4.19. The topological polar surface area (TPSA) is 50.9 Å². The van der Waals surface area contributed by atoms with Gasteiger partial charge in [0.2, 0.25) is 0 Å². The maximum atomic E-state index is 10.1. The molecule has 84 valence electrons. The van der Waals surface area contributed by atoms with Gasteiger partial charge in [0, 0.05) is 24.5 Å². The number of aryl methyl sites for hydroxylation is 1. The van der Waals surface area contributed by atoms with Gasteiger partial charge in [0.05, 0.1) is 16.9 Å².